The molecule has 0 saturated carbocycles. The Labute approximate surface area is 186 Å². The van der Waals surface area contributed by atoms with Crippen molar-refractivity contribution in [3.8, 4) is 17.2 Å². The van der Waals surface area contributed by atoms with Crippen molar-refractivity contribution in [2.24, 2.45) is 0 Å². The van der Waals surface area contributed by atoms with Gasteiger partial charge in [0.25, 0.3) is 0 Å². The van der Waals surface area contributed by atoms with E-state index in [0.29, 0.717) is 17.5 Å². The third-order valence-corrected chi connectivity index (χ3v) is 7.22. The average molecular weight is 462 g/mol. The zero-order valence-corrected chi connectivity index (χ0v) is 19.3. The number of hydrogen-bond acceptors (Lipinski definition) is 6. The Bertz CT molecular complexity index is 1320. The first-order chi connectivity index (χ1) is 14.8. The van der Waals surface area contributed by atoms with Gasteiger partial charge in [-0.1, -0.05) is 11.6 Å². The van der Waals surface area contributed by atoms with E-state index in [4.69, 9.17) is 25.3 Å². The van der Waals surface area contributed by atoms with Crippen molar-refractivity contribution in [1.82, 2.24) is 4.90 Å². The van der Waals surface area contributed by atoms with Crippen LogP contribution < -0.4 is 13.7 Å². The Hall–Kier alpha value is -2.22. The molecule has 0 radical (unpaired) electrons. The molecule has 0 bridgehead atoms. The zero-order valence-electron chi connectivity index (χ0n) is 17.7. The van der Waals surface area contributed by atoms with Crippen molar-refractivity contribution in [3.05, 3.63) is 40.4 Å². The van der Waals surface area contributed by atoms with E-state index in [9.17, 15) is 8.42 Å². The van der Waals surface area contributed by atoms with Gasteiger partial charge in [-0.15, -0.1) is 0 Å². The molecule has 3 aromatic carbocycles. The summed E-state index contributed by atoms with van der Waals surface area (Å²) in [6.45, 7) is 1.99. The predicted octanol–water partition coefficient (Wildman–Crippen LogP) is 4.52. The Morgan fingerprint density at radius 3 is 2.19 bits per heavy atom. The molecule has 1 saturated heterocycles. The van der Waals surface area contributed by atoms with Crippen molar-refractivity contribution in [3.63, 3.8) is 0 Å². The molecular weight excluding hydrogens is 438 g/mol. The maximum atomic E-state index is 11.8. The average Bonchev–Trinajstić information content (AvgIpc) is 3.19. The smallest absolute Gasteiger partial charge is 0.306 e. The molecular formula is C23H24ClNO5S. The van der Waals surface area contributed by atoms with E-state index < -0.39 is 10.1 Å². The lowest BCUT2D eigenvalue weighted by Gasteiger charge is -2.33. The molecule has 3 aromatic rings. The predicted molar refractivity (Wildman–Crippen MR) is 122 cm³/mol. The highest BCUT2D eigenvalue weighted by Crippen LogP contribution is 2.45. The van der Waals surface area contributed by atoms with E-state index in [-0.39, 0.29) is 10.8 Å². The van der Waals surface area contributed by atoms with E-state index >= 15 is 0 Å². The maximum absolute atomic E-state index is 11.8. The number of hydrogen-bond donors (Lipinski definition) is 0. The molecule has 0 N–H and O–H groups in total. The summed E-state index contributed by atoms with van der Waals surface area (Å²) in [7, 11) is -0.474. The van der Waals surface area contributed by atoms with Gasteiger partial charge in [-0.2, -0.15) is 8.42 Å². The molecule has 0 aliphatic carbocycles. The van der Waals surface area contributed by atoms with Gasteiger partial charge < -0.3 is 13.7 Å². The number of benzene rings is 3. The van der Waals surface area contributed by atoms with Crippen LogP contribution in [0.25, 0.3) is 21.5 Å². The van der Waals surface area contributed by atoms with Crippen molar-refractivity contribution >= 4 is 43.3 Å². The molecule has 0 spiro atoms. The van der Waals surface area contributed by atoms with Gasteiger partial charge in [-0.3, -0.25) is 4.90 Å². The first kappa shape index (κ1) is 20.7. The van der Waals surface area contributed by atoms with Crippen molar-refractivity contribution in [1.29, 1.82) is 0 Å². The zero-order chi connectivity index (χ0) is 21.9. The van der Waals surface area contributed by atoms with Crippen LogP contribution in [-0.4, -0.2) is 46.4 Å². The van der Waals surface area contributed by atoms with E-state index in [1.165, 1.54) is 24.0 Å². The fourth-order valence-corrected chi connectivity index (χ4v) is 5.83. The molecule has 0 aromatic heterocycles. The normalized spacial score (nSPS) is 18.8. The van der Waals surface area contributed by atoms with Crippen LogP contribution in [0, 0.1) is 0 Å². The first-order valence-corrected chi connectivity index (χ1v) is 12.4. The molecule has 6 nitrogen and oxygen atoms in total. The molecule has 2 aliphatic rings. The van der Waals surface area contributed by atoms with Crippen LogP contribution in [0.2, 0.25) is 5.02 Å². The fraction of sp³-hybridized carbons (Fsp3) is 0.391. The van der Waals surface area contributed by atoms with E-state index in [1.54, 1.807) is 20.3 Å². The number of ether oxygens (including phenoxy) is 2. The number of rotatable bonds is 4. The summed E-state index contributed by atoms with van der Waals surface area (Å²) in [5.41, 5.74) is 2.54. The van der Waals surface area contributed by atoms with Crippen molar-refractivity contribution in [2.45, 2.75) is 31.8 Å². The van der Waals surface area contributed by atoms with Crippen LogP contribution in [0.3, 0.4) is 0 Å². The van der Waals surface area contributed by atoms with Gasteiger partial charge in [0.15, 0.2) is 17.2 Å². The van der Waals surface area contributed by atoms with Crippen LogP contribution in [-0.2, 0) is 23.1 Å². The number of halogens is 1. The summed E-state index contributed by atoms with van der Waals surface area (Å²) < 4.78 is 39.9. The summed E-state index contributed by atoms with van der Waals surface area (Å²) >= 11 is 6.48. The van der Waals surface area contributed by atoms with Gasteiger partial charge in [0.2, 0.25) is 0 Å². The maximum Gasteiger partial charge on any atom is 0.306 e. The van der Waals surface area contributed by atoms with Crippen molar-refractivity contribution < 1.29 is 22.1 Å². The largest absolute Gasteiger partial charge is 0.493 e. The second kappa shape index (κ2) is 7.43. The molecule has 2 aliphatic heterocycles. The molecule has 0 amide bonds. The summed E-state index contributed by atoms with van der Waals surface area (Å²) in [5.74, 6) is 1.42. The van der Waals surface area contributed by atoms with Gasteiger partial charge in [0.05, 0.1) is 25.5 Å². The molecule has 1 fully saturated rings. The van der Waals surface area contributed by atoms with Crippen LogP contribution in [0.15, 0.2) is 24.3 Å². The monoisotopic (exact) mass is 461 g/mol. The Morgan fingerprint density at radius 2 is 1.55 bits per heavy atom. The molecule has 1 atom stereocenters. The van der Waals surface area contributed by atoms with Gasteiger partial charge >= 0.3 is 10.1 Å². The van der Waals surface area contributed by atoms with Gasteiger partial charge in [-0.25, -0.2) is 0 Å². The van der Waals surface area contributed by atoms with Crippen LogP contribution in [0.4, 0.5) is 0 Å². The minimum absolute atomic E-state index is 0.131. The lowest BCUT2D eigenvalue weighted by molar-refractivity contribution is 0.229. The van der Waals surface area contributed by atoms with Gasteiger partial charge in [0.1, 0.15) is 0 Å². The summed E-state index contributed by atoms with van der Waals surface area (Å²) in [4.78, 5) is 2.55. The third-order valence-electron chi connectivity index (χ3n) is 6.44. The second-order valence-corrected chi connectivity index (χ2v) is 10.3. The topological polar surface area (TPSA) is 65.1 Å². The highest BCUT2D eigenvalue weighted by Gasteiger charge is 2.33. The van der Waals surface area contributed by atoms with E-state index in [1.807, 2.05) is 18.2 Å². The Balaban J connectivity index is 1.87. The van der Waals surface area contributed by atoms with E-state index in [2.05, 4.69) is 4.90 Å². The standard InChI is InChI=1S/C23H24ClNO5S/c1-28-22-10-17-16-9-21(30-31(3,26)27)20(24)8-15(16)14-7-13-5-4-6-25(13)12-19(14)18(17)11-23(22)29-2/h8-11,13H,4-7,12H2,1-3H3/t13-/m0/s1. The number of fused-ring (bicyclic) bond motifs is 7. The second-order valence-electron chi connectivity index (χ2n) is 8.30. The SMILES string of the molecule is COc1cc2c3c(c4cc(Cl)c(OS(C)(=O)=O)cc4c2cc1OC)C[C@@H]1CCCN1C3. The van der Waals surface area contributed by atoms with Crippen LogP contribution in [0.5, 0.6) is 17.2 Å². The van der Waals surface area contributed by atoms with Crippen LogP contribution in [0.1, 0.15) is 24.0 Å². The summed E-state index contributed by atoms with van der Waals surface area (Å²) in [5, 5.41) is 4.25. The number of methoxy groups -OCH3 is 2. The summed E-state index contributed by atoms with van der Waals surface area (Å²) in [6, 6.07) is 8.07. The lowest BCUT2D eigenvalue weighted by Crippen LogP contribution is -2.35. The van der Waals surface area contributed by atoms with Gasteiger partial charge in [0, 0.05) is 12.6 Å². The first-order valence-electron chi connectivity index (χ1n) is 10.2. The molecule has 5 rings (SSSR count). The van der Waals surface area contributed by atoms with Crippen LogP contribution >= 0.6 is 11.6 Å². The highest BCUT2D eigenvalue weighted by atomic mass is 35.5. The Kier molecular flexibility index (Phi) is 4.95. The molecule has 8 heteroatoms. The molecule has 31 heavy (non-hydrogen) atoms. The quantitative estimate of drug-likeness (QED) is 0.420. The number of nitrogens with zero attached hydrogens (tertiary/aromatic N) is 1. The molecule has 2 heterocycles. The molecule has 164 valence electrons. The van der Waals surface area contributed by atoms with Gasteiger partial charge in [-0.05, 0) is 82.7 Å². The molecule has 0 unspecified atom stereocenters. The minimum atomic E-state index is -3.71. The van der Waals surface area contributed by atoms with E-state index in [0.717, 1.165) is 47.3 Å². The van der Waals surface area contributed by atoms with Crippen molar-refractivity contribution in [2.75, 3.05) is 27.0 Å². The third kappa shape index (κ3) is 3.49. The fourth-order valence-electron chi connectivity index (χ4n) is 5.12. The highest BCUT2D eigenvalue weighted by molar-refractivity contribution is 7.86. The Morgan fingerprint density at radius 1 is 0.935 bits per heavy atom. The minimum Gasteiger partial charge on any atom is -0.493 e. The summed E-state index contributed by atoms with van der Waals surface area (Å²) in [6.07, 6.45) is 4.35. The lowest BCUT2D eigenvalue weighted by atomic mass is 9.85.